The molecule has 1 N–H and O–H groups in total. The van der Waals surface area contributed by atoms with Crippen LogP contribution in [-0.4, -0.2) is 37.5 Å². The molecule has 1 rings (SSSR count). The second-order valence-corrected chi connectivity index (χ2v) is 4.19. The van der Waals surface area contributed by atoms with Crippen LogP contribution in [0.1, 0.15) is 5.56 Å². The summed E-state index contributed by atoms with van der Waals surface area (Å²) in [5.41, 5.74) is 0.821. The summed E-state index contributed by atoms with van der Waals surface area (Å²) in [5, 5.41) is 3.39. The zero-order chi connectivity index (χ0) is 13.6. The Hall–Kier alpha value is -0.850. The molecule has 0 spiro atoms. The number of likely N-dealkylation sites (N-methyl/N-ethyl adjacent to an activating group) is 1. The molecular formula is C11H14ClF3N2O. The molecule has 0 radical (unpaired) electrons. The Bertz CT molecular complexity index is 374. The fourth-order valence-electron chi connectivity index (χ4n) is 1.40. The van der Waals surface area contributed by atoms with E-state index in [1.165, 1.54) is 6.20 Å². The molecule has 1 aromatic heterocycles. The lowest BCUT2D eigenvalue weighted by molar-refractivity contribution is -0.175. The fourth-order valence-corrected chi connectivity index (χ4v) is 1.59. The minimum atomic E-state index is -4.30. The van der Waals surface area contributed by atoms with Crippen LogP contribution in [-0.2, 0) is 11.2 Å². The molecule has 18 heavy (non-hydrogen) atoms. The van der Waals surface area contributed by atoms with Crippen LogP contribution in [0.5, 0.6) is 0 Å². The lowest BCUT2D eigenvalue weighted by Gasteiger charge is -2.17. The van der Waals surface area contributed by atoms with Crippen molar-refractivity contribution < 1.29 is 17.9 Å². The number of hydrogen-bond donors (Lipinski definition) is 1. The molecule has 0 aliphatic heterocycles. The number of halogens is 4. The van der Waals surface area contributed by atoms with Gasteiger partial charge in [-0.15, -0.1) is 0 Å². The third-order valence-corrected chi connectivity index (χ3v) is 2.66. The Labute approximate surface area is 108 Å². The van der Waals surface area contributed by atoms with Gasteiger partial charge in [0.25, 0.3) is 0 Å². The van der Waals surface area contributed by atoms with E-state index in [0.29, 0.717) is 11.4 Å². The molecule has 7 heteroatoms. The van der Waals surface area contributed by atoms with E-state index in [2.05, 4.69) is 15.0 Å². The second kappa shape index (κ2) is 6.92. The zero-order valence-corrected chi connectivity index (χ0v) is 10.6. The largest absolute Gasteiger partial charge is 0.411 e. The number of ether oxygens (including phenoxy) is 1. The summed E-state index contributed by atoms with van der Waals surface area (Å²) in [6.07, 6.45) is -0.729. The van der Waals surface area contributed by atoms with Gasteiger partial charge in [0.05, 0.1) is 11.6 Å². The standard InChI is InChI=1S/C11H14ClF3N2O/c1-16-9(6-18-7-11(13,14)15)4-8-2-3-17-5-10(8)12/h2-3,5,9,16H,4,6-7H2,1H3. The molecule has 1 aromatic rings. The molecule has 1 atom stereocenters. The van der Waals surface area contributed by atoms with E-state index in [9.17, 15) is 13.2 Å². The van der Waals surface area contributed by atoms with E-state index in [4.69, 9.17) is 11.6 Å². The summed E-state index contributed by atoms with van der Waals surface area (Å²) < 4.78 is 40.4. The lowest BCUT2D eigenvalue weighted by atomic mass is 10.1. The predicted octanol–water partition coefficient (Wildman–Crippen LogP) is 2.44. The third kappa shape index (κ3) is 5.66. The first-order valence-corrected chi connectivity index (χ1v) is 5.70. The normalized spacial score (nSPS) is 13.6. The molecule has 0 saturated heterocycles. The average Bonchev–Trinajstić information content (AvgIpc) is 2.29. The topological polar surface area (TPSA) is 34.1 Å². The molecule has 102 valence electrons. The molecule has 0 saturated carbocycles. The van der Waals surface area contributed by atoms with Crippen molar-refractivity contribution in [2.24, 2.45) is 0 Å². The summed E-state index contributed by atoms with van der Waals surface area (Å²) >= 11 is 5.92. The summed E-state index contributed by atoms with van der Waals surface area (Å²) in [6, 6.07) is 1.50. The van der Waals surface area contributed by atoms with Crippen molar-refractivity contribution in [3.05, 3.63) is 29.0 Å². The van der Waals surface area contributed by atoms with Crippen molar-refractivity contribution in [2.75, 3.05) is 20.3 Å². The molecular weight excluding hydrogens is 269 g/mol. The summed E-state index contributed by atoms with van der Waals surface area (Å²) in [5.74, 6) is 0. The van der Waals surface area contributed by atoms with Crippen molar-refractivity contribution in [1.29, 1.82) is 0 Å². The monoisotopic (exact) mass is 282 g/mol. The number of pyridine rings is 1. The van der Waals surface area contributed by atoms with Gasteiger partial charge in [-0.25, -0.2) is 0 Å². The maximum Gasteiger partial charge on any atom is 0.411 e. The molecule has 1 unspecified atom stereocenters. The first kappa shape index (κ1) is 15.2. The summed E-state index contributed by atoms with van der Waals surface area (Å²) in [7, 11) is 1.66. The molecule has 0 aromatic carbocycles. The fraction of sp³-hybridized carbons (Fsp3) is 0.545. The van der Waals surface area contributed by atoms with E-state index in [1.807, 2.05) is 0 Å². The number of hydrogen-bond acceptors (Lipinski definition) is 3. The van der Waals surface area contributed by atoms with Gasteiger partial charge >= 0.3 is 6.18 Å². The lowest BCUT2D eigenvalue weighted by Crippen LogP contribution is -2.34. The Kier molecular flexibility index (Phi) is 5.84. The van der Waals surface area contributed by atoms with Crippen molar-refractivity contribution in [3.8, 4) is 0 Å². The first-order chi connectivity index (χ1) is 8.42. The van der Waals surface area contributed by atoms with Gasteiger partial charge in [-0.1, -0.05) is 11.6 Å². The molecule has 0 bridgehead atoms. The highest BCUT2D eigenvalue weighted by molar-refractivity contribution is 6.31. The molecule has 0 fully saturated rings. The van der Waals surface area contributed by atoms with Crippen LogP contribution in [0.25, 0.3) is 0 Å². The predicted molar refractivity (Wildman–Crippen MR) is 62.7 cm³/mol. The second-order valence-electron chi connectivity index (χ2n) is 3.79. The smallest absolute Gasteiger partial charge is 0.370 e. The Morgan fingerprint density at radius 1 is 1.50 bits per heavy atom. The van der Waals surface area contributed by atoms with Gasteiger partial charge < -0.3 is 10.1 Å². The SMILES string of the molecule is CNC(COCC(F)(F)F)Cc1ccncc1Cl. The Morgan fingerprint density at radius 2 is 2.22 bits per heavy atom. The number of alkyl halides is 3. The van der Waals surface area contributed by atoms with Gasteiger partial charge in [0.2, 0.25) is 0 Å². The third-order valence-electron chi connectivity index (χ3n) is 2.32. The summed E-state index contributed by atoms with van der Waals surface area (Å²) in [6.45, 7) is -1.27. The van der Waals surface area contributed by atoms with Crippen molar-refractivity contribution in [2.45, 2.75) is 18.6 Å². The molecule has 0 amide bonds. The first-order valence-electron chi connectivity index (χ1n) is 5.32. The maximum atomic E-state index is 11.9. The van der Waals surface area contributed by atoms with Crippen LogP contribution >= 0.6 is 11.6 Å². The average molecular weight is 283 g/mol. The highest BCUT2D eigenvalue weighted by Crippen LogP contribution is 2.17. The van der Waals surface area contributed by atoms with Gasteiger partial charge in [0, 0.05) is 18.4 Å². The Balaban J connectivity index is 2.45. The van der Waals surface area contributed by atoms with Gasteiger partial charge in [-0.05, 0) is 25.1 Å². The van der Waals surface area contributed by atoms with Crippen LogP contribution in [0.15, 0.2) is 18.5 Å². The molecule has 0 aliphatic carbocycles. The number of nitrogens with one attached hydrogen (secondary N) is 1. The van der Waals surface area contributed by atoms with Gasteiger partial charge in [0.1, 0.15) is 6.61 Å². The van der Waals surface area contributed by atoms with Crippen LogP contribution < -0.4 is 5.32 Å². The van der Waals surface area contributed by atoms with Crippen LogP contribution in [0.2, 0.25) is 5.02 Å². The van der Waals surface area contributed by atoms with Crippen molar-refractivity contribution in [3.63, 3.8) is 0 Å². The van der Waals surface area contributed by atoms with Crippen LogP contribution in [0.4, 0.5) is 13.2 Å². The maximum absolute atomic E-state index is 11.9. The van der Waals surface area contributed by atoms with Gasteiger partial charge in [-0.3, -0.25) is 4.98 Å². The van der Waals surface area contributed by atoms with E-state index in [-0.39, 0.29) is 12.6 Å². The minimum absolute atomic E-state index is 0.0331. The quantitative estimate of drug-likeness (QED) is 0.870. The van der Waals surface area contributed by atoms with Gasteiger partial charge in [0.15, 0.2) is 0 Å². The van der Waals surface area contributed by atoms with Crippen LogP contribution in [0.3, 0.4) is 0 Å². The highest BCUT2D eigenvalue weighted by Gasteiger charge is 2.27. The molecule has 0 aliphatic rings. The highest BCUT2D eigenvalue weighted by atomic mass is 35.5. The van der Waals surface area contributed by atoms with E-state index in [0.717, 1.165) is 5.56 Å². The number of rotatable bonds is 6. The zero-order valence-electron chi connectivity index (χ0n) is 9.80. The van der Waals surface area contributed by atoms with Crippen molar-refractivity contribution >= 4 is 11.6 Å². The number of aromatic nitrogens is 1. The van der Waals surface area contributed by atoms with Crippen molar-refractivity contribution in [1.82, 2.24) is 10.3 Å². The van der Waals surface area contributed by atoms with Gasteiger partial charge in [-0.2, -0.15) is 13.2 Å². The van der Waals surface area contributed by atoms with Crippen LogP contribution in [0, 0.1) is 0 Å². The minimum Gasteiger partial charge on any atom is -0.370 e. The van der Waals surface area contributed by atoms with E-state index >= 15 is 0 Å². The Morgan fingerprint density at radius 3 is 2.78 bits per heavy atom. The molecule has 1 heterocycles. The number of nitrogens with zero attached hydrogens (tertiary/aromatic N) is 1. The van der Waals surface area contributed by atoms with E-state index < -0.39 is 12.8 Å². The van der Waals surface area contributed by atoms with E-state index in [1.54, 1.807) is 19.3 Å². The molecule has 3 nitrogen and oxygen atoms in total. The summed E-state index contributed by atoms with van der Waals surface area (Å²) in [4.78, 5) is 3.84.